The van der Waals surface area contributed by atoms with E-state index < -0.39 is 0 Å². The molecule has 1 atom stereocenters. The van der Waals surface area contributed by atoms with Crippen molar-refractivity contribution in [2.45, 2.75) is 46.2 Å². The first kappa shape index (κ1) is 16.0. The minimum absolute atomic E-state index is 0.252. The normalized spacial score (nSPS) is 12.6. The lowest BCUT2D eigenvalue weighted by Crippen LogP contribution is -2.23. The SMILES string of the molecule is CCCOCCCn1cc(C)nc1NC(C)COC. The molecule has 1 unspecified atom stereocenters. The van der Waals surface area contributed by atoms with Crippen molar-refractivity contribution in [3.05, 3.63) is 11.9 Å². The van der Waals surface area contributed by atoms with Crippen molar-refractivity contribution in [2.24, 2.45) is 0 Å². The fourth-order valence-corrected chi connectivity index (χ4v) is 1.93. The molecule has 1 heterocycles. The van der Waals surface area contributed by atoms with Gasteiger partial charge in [0.1, 0.15) is 0 Å². The summed E-state index contributed by atoms with van der Waals surface area (Å²) < 4.78 is 12.8. The maximum Gasteiger partial charge on any atom is 0.203 e. The summed E-state index contributed by atoms with van der Waals surface area (Å²) in [6.45, 7) is 9.46. The van der Waals surface area contributed by atoms with Crippen LogP contribution in [0.1, 0.15) is 32.4 Å². The third-order valence-corrected chi connectivity index (χ3v) is 2.73. The van der Waals surface area contributed by atoms with E-state index in [2.05, 4.69) is 34.9 Å². The van der Waals surface area contributed by atoms with Gasteiger partial charge in [-0.05, 0) is 26.7 Å². The Labute approximate surface area is 116 Å². The number of nitrogens with one attached hydrogen (secondary N) is 1. The van der Waals surface area contributed by atoms with Gasteiger partial charge < -0.3 is 19.4 Å². The number of ether oxygens (including phenoxy) is 2. The molecular formula is C14H27N3O2. The van der Waals surface area contributed by atoms with E-state index in [0.29, 0.717) is 6.61 Å². The molecule has 5 nitrogen and oxygen atoms in total. The van der Waals surface area contributed by atoms with Gasteiger partial charge in [-0.15, -0.1) is 0 Å². The van der Waals surface area contributed by atoms with Crippen molar-refractivity contribution in [3.63, 3.8) is 0 Å². The summed E-state index contributed by atoms with van der Waals surface area (Å²) >= 11 is 0. The Hall–Kier alpha value is -1.07. The van der Waals surface area contributed by atoms with Crippen LogP contribution in [0.25, 0.3) is 0 Å². The summed E-state index contributed by atoms with van der Waals surface area (Å²) in [5, 5.41) is 3.37. The number of aromatic nitrogens is 2. The molecule has 0 aromatic carbocycles. The highest BCUT2D eigenvalue weighted by Gasteiger charge is 2.08. The molecule has 0 spiro atoms. The van der Waals surface area contributed by atoms with Gasteiger partial charge in [0.25, 0.3) is 0 Å². The molecule has 5 heteroatoms. The second kappa shape index (κ2) is 8.93. The van der Waals surface area contributed by atoms with E-state index >= 15 is 0 Å². The number of imidazole rings is 1. The first-order valence-corrected chi connectivity index (χ1v) is 7.04. The highest BCUT2D eigenvalue weighted by atomic mass is 16.5. The molecule has 1 aromatic heterocycles. The highest BCUT2D eigenvalue weighted by molar-refractivity contribution is 5.29. The second-order valence-electron chi connectivity index (χ2n) is 4.87. The van der Waals surface area contributed by atoms with Crippen molar-refractivity contribution in [1.29, 1.82) is 0 Å². The quantitative estimate of drug-likeness (QED) is 0.663. The third-order valence-electron chi connectivity index (χ3n) is 2.73. The molecule has 110 valence electrons. The van der Waals surface area contributed by atoms with Crippen molar-refractivity contribution in [3.8, 4) is 0 Å². The Bertz CT molecular complexity index is 352. The van der Waals surface area contributed by atoms with Gasteiger partial charge in [-0.2, -0.15) is 0 Å². The minimum Gasteiger partial charge on any atom is -0.383 e. The van der Waals surface area contributed by atoms with Crippen LogP contribution in [0.3, 0.4) is 0 Å². The van der Waals surface area contributed by atoms with Gasteiger partial charge in [-0.25, -0.2) is 4.98 Å². The number of anilines is 1. The molecule has 0 saturated carbocycles. The average molecular weight is 269 g/mol. The summed E-state index contributed by atoms with van der Waals surface area (Å²) in [6.07, 6.45) is 4.15. The molecule has 1 aromatic rings. The zero-order valence-electron chi connectivity index (χ0n) is 12.6. The van der Waals surface area contributed by atoms with E-state index in [9.17, 15) is 0 Å². The standard InChI is InChI=1S/C14H27N3O2/c1-5-8-19-9-6-7-17-10-12(2)15-14(17)16-13(3)11-18-4/h10,13H,5-9,11H2,1-4H3,(H,15,16). The molecule has 0 fully saturated rings. The fraction of sp³-hybridized carbons (Fsp3) is 0.786. The van der Waals surface area contributed by atoms with E-state index in [1.807, 2.05) is 6.92 Å². The molecule has 0 saturated heterocycles. The van der Waals surface area contributed by atoms with E-state index in [0.717, 1.165) is 44.2 Å². The maximum atomic E-state index is 5.50. The molecule has 0 bridgehead atoms. The van der Waals surface area contributed by atoms with Crippen LogP contribution in [0.15, 0.2) is 6.20 Å². The summed E-state index contributed by atoms with van der Waals surface area (Å²) in [5.41, 5.74) is 1.03. The first-order chi connectivity index (χ1) is 9.17. The zero-order valence-corrected chi connectivity index (χ0v) is 12.6. The summed E-state index contributed by atoms with van der Waals surface area (Å²) in [7, 11) is 1.71. The predicted molar refractivity (Wildman–Crippen MR) is 77.7 cm³/mol. The Kier molecular flexibility index (Phi) is 7.52. The van der Waals surface area contributed by atoms with E-state index in [1.54, 1.807) is 7.11 Å². The number of nitrogens with zero attached hydrogens (tertiary/aromatic N) is 2. The largest absolute Gasteiger partial charge is 0.383 e. The van der Waals surface area contributed by atoms with Crippen LogP contribution in [0, 0.1) is 6.92 Å². The van der Waals surface area contributed by atoms with E-state index in [4.69, 9.17) is 9.47 Å². The van der Waals surface area contributed by atoms with Gasteiger partial charge in [0.2, 0.25) is 5.95 Å². The van der Waals surface area contributed by atoms with Crippen LogP contribution in [0.5, 0.6) is 0 Å². The lowest BCUT2D eigenvalue weighted by Gasteiger charge is -2.15. The molecule has 1 rings (SSSR count). The number of aryl methyl sites for hydroxylation is 2. The smallest absolute Gasteiger partial charge is 0.203 e. The fourth-order valence-electron chi connectivity index (χ4n) is 1.93. The van der Waals surface area contributed by atoms with Crippen molar-refractivity contribution in [2.75, 3.05) is 32.2 Å². The monoisotopic (exact) mass is 269 g/mol. The van der Waals surface area contributed by atoms with Crippen LogP contribution < -0.4 is 5.32 Å². The lowest BCUT2D eigenvalue weighted by atomic mass is 10.4. The second-order valence-corrected chi connectivity index (χ2v) is 4.87. The van der Waals surface area contributed by atoms with Crippen molar-refractivity contribution in [1.82, 2.24) is 9.55 Å². The van der Waals surface area contributed by atoms with Gasteiger partial charge in [0, 0.05) is 39.1 Å². The molecule has 0 aliphatic heterocycles. The number of hydrogen-bond donors (Lipinski definition) is 1. The number of methoxy groups -OCH3 is 1. The molecule has 0 amide bonds. The van der Waals surface area contributed by atoms with Crippen LogP contribution in [0.4, 0.5) is 5.95 Å². The zero-order chi connectivity index (χ0) is 14.1. The molecule has 1 N–H and O–H groups in total. The van der Waals surface area contributed by atoms with E-state index in [-0.39, 0.29) is 6.04 Å². The Morgan fingerprint density at radius 3 is 2.89 bits per heavy atom. The van der Waals surface area contributed by atoms with Gasteiger partial charge in [0.15, 0.2) is 0 Å². The Morgan fingerprint density at radius 2 is 2.21 bits per heavy atom. The number of hydrogen-bond acceptors (Lipinski definition) is 4. The summed E-state index contributed by atoms with van der Waals surface area (Å²) in [5.74, 6) is 0.914. The molecular weight excluding hydrogens is 242 g/mol. The van der Waals surface area contributed by atoms with Gasteiger partial charge >= 0.3 is 0 Å². The summed E-state index contributed by atoms with van der Waals surface area (Å²) in [4.78, 5) is 4.50. The molecule has 0 aliphatic carbocycles. The topological polar surface area (TPSA) is 48.3 Å². The minimum atomic E-state index is 0.252. The molecule has 19 heavy (non-hydrogen) atoms. The van der Waals surface area contributed by atoms with Gasteiger partial charge in [0.05, 0.1) is 12.3 Å². The third kappa shape index (κ3) is 6.07. The van der Waals surface area contributed by atoms with Crippen LogP contribution in [0.2, 0.25) is 0 Å². The highest BCUT2D eigenvalue weighted by Crippen LogP contribution is 2.10. The first-order valence-electron chi connectivity index (χ1n) is 7.04. The van der Waals surface area contributed by atoms with Crippen LogP contribution >= 0.6 is 0 Å². The van der Waals surface area contributed by atoms with Crippen molar-refractivity contribution >= 4 is 5.95 Å². The predicted octanol–water partition coefficient (Wildman–Crippen LogP) is 2.46. The van der Waals surface area contributed by atoms with Crippen LogP contribution in [-0.4, -0.2) is 42.5 Å². The van der Waals surface area contributed by atoms with Crippen LogP contribution in [-0.2, 0) is 16.0 Å². The van der Waals surface area contributed by atoms with Crippen molar-refractivity contribution < 1.29 is 9.47 Å². The van der Waals surface area contributed by atoms with Gasteiger partial charge in [-0.3, -0.25) is 0 Å². The summed E-state index contributed by atoms with van der Waals surface area (Å²) in [6, 6.07) is 0.252. The number of rotatable bonds is 10. The van der Waals surface area contributed by atoms with E-state index in [1.165, 1.54) is 0 Å². The van der Waals surface area contributed by atoms with Gasteiger partial charge in [-0.1, -0.05) is 6.92 Å². The lowest BCUT2D eigenvalue weighted by molar-refractivity contribution is 0.129. The Balaban J connectivity index is 2.43. The molecule has 0 aliphatic rings. The average Bonchev–Trinajstić information content (AvgIpc) is 2.69. The maximum absolute atomic E-state index is 5.50. The molecule has 0 radical (unpaired) electrons. The Morgan fingerprint density at radius 1 is 1.42 bits per heavy atom.